The Morgan fingerprint density at radius 2 is 1.69 bits per heavy atom. The van der Waals surface area contributed by atoms with Gasteiger partial charge in [0.05, 0.1) is 0 Å². The summed E-state index contributed by atoms with van der Waals surface area (Å²) < 4.78 is 0. The molecular weight excluding hydrogens is 260 g/mol. The summed E-state index contributed by atoms with van der Waals surface area (Å²) in [4.78, 5) is 0. The van der Waals surface area contributed by atoms with Crippen LogP contribution in [0.15, 0.2) is 0 Å². The maximum absolute atomic E-state index is 9.69. The van der Waals surface area contributed by atoms with Crippen molar-refractivity contribution in [2.75, 3.05) is 0 Å². The molecule has 83 valence electrons. The molecule has 1 aliphatic carbocycles. The average Bonchev–Trinajstić information content (AvgIpc) is 2.06. The molecule has 0 aromatic carbocycles. The SMILES string of the molecule is CCCC(O)(O)C1CCCCC1.[Ag]. The second kappa shape index (κ2) is 6.20. The third kappa shape index (κ3) is 4.13. The zero-order valence-corrected chi connectivity index (χ0v) is 9.71. The smallest absolute Gasteiger partial charge is 0.165 e. The zero-order valence-electron chi connectivity index (χ0n) is 8.22. The van der Waals surface area contributed by atoms with Crippen LogP contribution in [0.4, 0.5) is 0 Å². The fourth-order valence-corrected chi connectivity index (χ4v) is 2.14. The molecule has 0 aromatic heterocycles. The first-order valence-corrected chi connectivity index (χ1v) is 5.11. The Morgan fingerprint density at radius 1 is 1.15 bits per heavy atom. The van der Waals surface area contributed by atoms with Crippen molar-refractivity contribution in [2.45, 2.75) is 57.7 Å². The summed E-state index contributed by atoms with van der Waals surface area (Å²) in [6.45, 7) is 1.99. The summed E-state index contributed by atoms with van der Waals surface area (Å²) in [6, 6.07) is 0. The number of rotatable bonds is 3. The van der Waals surface area contributed by atoms with Crippen molar-refractivity contribution in [2.24, 2.45) is 5.92 Å². The minimum atomic E-state index is -1.38. The molecule has 1 aliphatic rings. The van der Waals surface area contributed by atoms with Gasteiger partial charge in [0.25, 0.3) is 0 Å². The Morgan fingerprint density at radius 3 is 2.15 bits per heavy atom. The van der Waals surface area contributed by atoms with Gasteiger partial charge < -0.3 is 10.2 Å². The van der Waals surface area contributed by atoms with Crippen LogP contribution in [0, 0.1) is 5.92 Å². The molecule has 2 nitrogen and oxygen atoms in total. The van der Waals surface area contributed by atoms with Crippen LogP contribution in [-0.2, 0) is 22.4 Å². The van der Waals surface area contributed by atoms with Crippen LogP contribution < -0.4 is 0 Å². The van der Waals surface area contributed by atoms with Crippen molar-refractivity contribution >= 4 is 0 Å². The Hall–Kier alpha value is 0.660. The molecule has 0 aliphatic heterocycles. The van der Waals surface area contributed by atoms with Gasteiger partial charge >= 0.3 is 0 Å². The third-order valence-electron chi connectivity index (χ3n) is 2.88. The van der Waals surface area contributed by atoms with E-state index in [1.165, 1.54) is 6.42 Å². The van der Waals surface area contributed by atoms with E-state index in [0.29, 0.717) is 6.42 Å². The van der Waals surface area contributed by atoms with E-state index < -0.39 is 5.79 Å². The van der Waals surface area contributed by atoms with E-state index in [-0.39, 0.29) is 28.3 Å². The molecule has 1 fully saturated rings. The van der Waals surface area contributed by atoms with Crippen LogP contribution in [0.2, 0.25) is 0 Å². The normalized spacial score (nSPS) is 19.6. The van der Waals surface area contributed by atoms with Gasteiger partial charge in [-0.05, 0) is 12.8 Å². The van der Waals surface area contributed by atoms with Crippen LogP contribution >= 0.6 is 0 Å². The van der Waals surface area contributed by atoms with Crippen LogP contribution in [0.1, 0.15) is 51.9 Å². The Kier molecular flexibility index (Phi) is 6.52. The van der Waals surface area contributed by atoms with Gasteiger partial charge in [-0.1, -0.05) is 32.6 Å². The molecule has 0 heterocycles. The molecule has 2 N–H and O–H groups in total. The summed E-state index contributed by atoms with van der Waals surface area (Å²) >= 11 is 0. The Balaban J connectivity index is 0.00000144. The molecule has 1 saturated carbocycles. The fraction of sp³-hybridized carbons (Fsp3) is 1.00. The molecule has 0 bridgehead atoms. The van der Waals surface area contributed by atoms with Gasteiger partial charge in [-0.15, -0.1) is 0 Å². The third-order valence-corrected chi connectivity index (χ3v) is 2.88. The van der Waals surface area contributed by atoms with Crippen molar-refractivity contribution in [3.05, 3.63) is 0 Å². The van der Waals surface area contributed by atoms with Gasteiger partial charge in [-0.25, -0.2) is 0 Å². The summed E-state index contributed by atoms with van der Waals surface area (Å²) in [5.41, 5.74) is 0. The monoisotopic (exact) mass is 279 g/mol. The molecule has 0 saturated heterocycles. The van der Waals surface area contributed by atoms with Crippen LogP contribution in [0.3, 0.4) is 0 Å². The van der Waals surface area contributed by atoms with E-state index >= 15 is 0 Å². The van der Waals surface area contributed by atoms with Crippen LogP contribution in [0.5, 0.6) is 0 Å². The first-order chi connectivity index (χ1) is 5.67. The zero-order chi connectivity index (χ0) is 9.03. The molecule has 0 amide bonds. The van der Waals surface area contributed by atoms with Crippen molar-refractivity contribution in [3.63, 3.8) is 0 Å². The average molecular weight is 280 g/mol. The minimum Gasteiger partial charge on any atom is -0.365 e. The van der Waals surface area contributed by atoms with E-state index in [0.717, 1.165) is 32.1 Å². The number of hydrogen-bond donors (Lipinski definition) is 2. The standard InChI is InChI=1S/C10H20O2.Ag/c1-2-8-10(11,12)9-6-4-3-5-7-9;/h9,11-12H,2-8H2,1H3;. The maximum atomic E-state index is 9.69. The van der Waals surface area contributed by atoms with E-state index in [9.17, 15) is 10.2 Å². The number of aliphatic hydroxyl groups is 2. The first-order valence-electron chi connectivity index (χ1n) is 5.11. The van der Waals surface area contributed by atoms with E-state index in [1.54, 1.807) is 0 Å². The summed E-state index contributed by atoms with van der Waals surface area (Å²) in [6.07, 6.45) is 6.95. The molecule has 1 rings (SSSR count). The summed E-state index contributed by atoms with van der Waals surface area (Å²) in [5.74, 6) is -1.25. The van der Waals surface area contributed by atoms with E-state index in [4.69, 9.17) is 0 Å². The molecule has 0 unspecified atom stereocenters. The Bertz CT molecular complexity index is 131. The van der Waals surface area contributed by atoms with Gasteiger partial charge in [-0.2, -0.15) is 0 Å². The topological polar surface area (TPSA) is 40.5 Å². The fourth-order valence-electron chi connectivity index (χ4n) is 2.14. The van der Waals surface area contributed by atoms with Gasteiger partial charge in [-0.3, -0.25) is 0 Å². The molecule has 0 atom stereocenters. The van der Waals surface area contributed by atoms with E-state index in [1.807, 2.05) is 6.92 Å². The largest absolute Gasteiger partial charge is 0.365 e. The second-order valence-corrected chi connectivity index (χ2v) is 3.96. The predicted octanol–water partition coefficient (Wildman–Crippen LogP) is 2.05. The molecule has 1 radical (unpaired) electrons. The van der Waals surface area contributed by atoms with Crippen molar-refractivity contribution < 1.29 is 32.6 Å². The van der Waals surface area contributed by atoms with Crippen LogP contribution in [0.25, 0.3) is 0 Å². The van der Waals surface area contributed by atoms with Crippen LogP contribution in [-0.4, -0.2) is 16.0 Å². The molecule has 3 heteroatoms. The first kappa shape index (κ1) is 13.7. The van der Waals surface area contributed by atoms with Gasteiger partial charge in [0.15, 0.2) is 5.79 Å². The van der Waals surface area contributed by atoms with Gasteiger partial charge in [0, 0.05) is 34.7 Å². The number of hydrogen-bond acceptors (Lipinski definition) is 2. The molecule has 13 heavy (non-hydrogen) atoms. The van der Waals surface area contributed by atoms with Crippen molar-refractivity contribution in [3.8, 4) is 0 Å². The molecular formula is C10H20AgO2. The maximum Gasteiger partial charge on any atom is 0.165 e. The molecule has 0 spiro atoms. The Labute approximate surface area is 96.2 Å². The van der Waals surface area contributed by atoms with E-state index in [2.05, 4.69) is 0 Å². The summed E-state index contributed by atoms with van der Waals surface area (Å²) in [5, 5.41) is 19.4. The molecule has 0 aromatic rings. The quantitative estimate of drug-likeness (QED) is 0.613. The van der Waals surface area contributed by atoms with Crippen molar-refractivity contribution in [1.29, 1.82) is 0 Å². The van der Waals surface area contributed by atoms with Gasteiger partial charge in [0.1, 0.15) is 0 Å². The minimum absolute atomic E-state index is 0. The predicted molar refractivity (Wildman–Crippen MR) is 48.7 cm³/mol. The van der Waals surface area contributed by atoms with Gasteiger partial charge in [0.2, 0.25) is 0 Å². The second-order valence-electron chi connectivity index (χ2n) is 3.96. The van der Waals surface area contributed by atoms with Crippen molar-refractivity contribution in [1.82, 2.24) is 0 Å². The summed E-state index contributed by atoms with van der Waals surface area (Å²) in [7, 11) is 0.